The van der Waals surface area contributed by atoms with Crippen LogP contribution in [0.4, 0.5) is 11.6 Å². The molecule has 0 fully saturated rings. The molecule has 0 aliphatic rings. The summed E-state index contributed by atoms with van der Waals surface area (Å²) < 4.78 is 2.81. The molecule has 20 heavy (non-hydrogen) atoms. The van der Waals surface area contributed by atoms with Crippen LogP contribution in [0, 0.1) is 0 Å². The minimum atomic E-state index is 0.510. The molecule has 0 unspecified atom stereocenters. The lowest BCUT2D eigenvalue weighted by Crippen LogP contribution is -2.15. The molecule has 108 valence electrons. The Bertz CT molecular complexity index is 625. The van der Waals surface area contributed by atoms with Crippen LogP contribution in [0.5, 0.6) is 0 Å². The number of nitrogens with one attached hydrogen (secondary N) is 1. The van der Waals surface area contributed by atoms with E-state index >= 15 is 0 Å². The molecule has 1 aromatic carbocycles. The van der Waals surface area contributed by atoms with E-state index in [4.69, 9.17) is 23.2 Å². The summed E-state index contributed by atoms with van der Waals surface area (Å²) in [5.74, 6) is 0.904. The van der Waals surface area contributed by atoms with Crippen molar-refractivity contribution in [3.8, 4) is 0 Å². The third-order valence-corrected chi connectivity index (χ3v) is 4.73. The summed E-state index contributed by atoms with van der Waals surface area (Å²) in [7, 11) is 5.91. The van der Waals surface area contributed by atoms with E-state index in [0.29, 0.717) is 16.6 Å². The molecule has 0 radical (unpaired) electrons. The number of halogens is 3. The highest BCUT2D eigenvalue weighted by atomic mass is 79.9. The average Bonchev–Trinajstić information content (AvgIpc) is 2.77. The second-order valence-electron chi connectivity index (χ2n) is 4.58. The van der Waals surface area contributed by atoms with E-state index < -0.39 is 0 Å². The van der Waals surface area contributed by atoms with E-state index in [1.54, 1.807) is 0 Å². The second-order valence-corrected chi connectivity index (χ2v) is 6.19. The lowest BCUT2D eigenvalue weighted by atomic mass is 10.3. The van der Waals surface area contributed by atoms with E-state index in [0.717, 1.165) is 21.8 Å². The molecular weight excluding hydrogens is 363 g/mol. The topological polar surface area (TPSA) is 33.1 Å². The molecule has 1 aromatic heterocycles. The Hall–Kier alpha value is -0.910. The van der Waals surface area contributed by atoms with Gasteiger partial charge in [0, 0.05) is 25.6 Å². The summed E-state index contributed by atoms with van der Waals surface area (Å²) in [6.07, 6.45) is 1.84. The first-order chi connectivity index (χ1) is 9.41. The molecule has 0 saturated heterocycles. The number of imidazole rings is 1. The van der Waals surface area contributed by atoms with Gasteiger partial charge in [-0.15, -0.1) is 0 Å². The Balaban J connectivity index is 2.15. The van der Waals surface area contributed by atoms with Crippen molar-refractivity contribution >= 4 is 50.8 Å². The molecular formula is C13H15BrCl2N4. The lowest BCUT2D eigenvalue weighted by Gasteiger charge is -2.14. The fourth-order valence-corrected chi connectivity index (χ4v) is 2.70. The minimum Gasteiger partial charge on any atom is -0.378 e. The van der Waals surface area contributed by atoms with Crippen molar-refractivity contribution in [2.45, 2.75) is 6.54 Å². The number of nitrogens with zero attached hydrogens (tertiary/aromatic N) is 3. The van der Waals surface area contributed by atoms with Gasteiger partial charge >= 0.3 is 0 Å². The number of benzene rings is 1. The fourth-order valence-electron chi connectivity index (χ4n) is 1.86. The fraction of sp³-hybridized carbons (Fsp3) is 0.308. The average molecular weight is 378 g/mol. The van der Waals surface area contributed by atoms with Crippen molar-refractivity contribution in [2.24, 2.45) is 7.05 Å². The summed E-state index contributed by atoms with van der Waals surface area (Å²) in [5.41, 5.74) is 1.86. The van der Waals surface area contributed by atoms with Gasteiger partial charge < -0.3 is 14.8 Å². The van der Waals surface area contributed by atoms with Crippen LogP contribution in [0.3, 0.4) is 0 Å². The molecule has 0 spiro atoms. The van der Waals surface area contributed by atoms with Gasteiger partial charge in [0.15, 0.2) is 0 Å². The maximum absolute atomic E-state index is 6.21. The van der Waals surface area contributed by atoms with E-state index in [2.05, 4.69) is 26.2 Å². The van der Waals surface area contributed by atoms with Crippen molar-refractivity contribution in [1.82, 2.24) is 9.55 Å². The van der Waals surface area contributed by atoms with Gasteiger partial charge in [-0.25, -0.2) is 4.98 Å². The van der Waals surface area contributed by atoms with Crippen molar-refractivity contribution in [1.29, 1.82) is 0 Å². The van der Waals surface area contributed by atoms with E-state index in [-0.39, 0.29) is 0 Å². The predicted molar refractivity (Wildman–Crippen MR) is 89.0 cm³/mol. The SMILES string of the molecule is CN(C)c1ncc(CNc2ccc(Br)c(Cl)c2Cl)n1C. The molecule has 1 heterocycles. The summed E-state index contributed by atoms with van der Waals surface area (Å²) in [5, 5.41) is 4.29. The Kier molecular flexibility index (Phi) is 4.83. The quantitative estimate of drug-likeness (QED) is 0.811. The molecule has 2 aromatic rings. The van der Waals surface area contributed by atoms with Crippen LogP contribution in [-0.4, -0.2) is 23.6 Å². The van der Waals surface area contributed by atoms with Gasteiger partial charge in [-0.2, -0.15) is 0 Å². The normalized spacial score (nSPS) is 10.7. The summed E-state index contributed by atoms with van der Waals surface area (Å²) in [6.45, 7) is 0.620. The molecule has 4 nitrogen and oxygen atoms in total. The predicted octanol–water partition coefficient (Wildman–Crippen LogP) is 4.17. The Morgan fingerprint density at radius 3 is 2.60 bits per heavy atom. The molecule has 0 saturated carbocycles. The Labute approximate surface area is 136 Å². The van der Waals surface area contributed by atoms with Gasteiger partial charge in [-0.3, -0.25) is 0 Å². The van der Waals surface area contributed by atoms with Crippen LogP contribution in [0.25, 0.3) is 0 Å². The zero-order chi connectivity index (χ0) is 14.9. The van der Waals surface area contributed by atoms with Gasteiger partial charge in [0.25, 0.3) is 0 Å². The maximum Gasteiger partial charge on any atom is 0.204 e. The van der Waals surface area contributed by atoms with E-state index in [9.17, 15) is 0 Å². The highest BCUT2D eigenvalue weighted by Gasteiger charge is 2.11. The largest absolute Gasteiger partial charge is 0.378 e. The molecule has 0 amide bonds. The number of aromatic nitrogens is 2. The minimum absolute atomic E-state index is 0.510. The monoisotopic (exact) mass is 376 g/mol. The standard InChI is InChI=1S/C13H15BrCl2N4/c1-19(2)13-18-7-8(20(13)3)6-17-10-5-4-9(14)11(15)12(10)16/h4-5,7,17H,6H2,1-3H3. The number of anilines is 2. The van der Waals surface area contributed by atoms with Gasteiger partial charge in [0.1, 0.15) is 0 Å². The van der Waals surface area contributed by atoms with Gasteiger partial charge in [-0.1, -0.05) is 23.2 Å². The molecule has 0 aliphatic carbocycles. The van der Waals surface area contributed by atoms with Crippen molar-refractivity contribution < 1.29 is 0 Å². The van der Waals surface area contributed by atoms with Crippen LogP contribution < -0.4 is 10.2 Å². The maximum atomic E-state index is 6.21. The van der Waals surface area contributed by atoms with Crippen molar-refractivity contribution in [3.05, 3.63) is 38.5 Å². The third kappa shape index (κ3) is 3.05. The van der Waals surface area contributed by atoms with Crippen LogP contribution in [0.1, 0.15) is 5.69 Å². The number of hydrogen-bond donors (Lipinski definition) is 1. The van der Waals surface area contributed by atoms with Crippen molar-refractivity contribution in [3.63, 3.8) is 0 Å². The first-order valence-electron chi connectivity index (χ1n) is 5.97. The molecule has 7 heteroatoms. The zero-order valence-corrected chi connectivity index (χ0v) is 14.5. The van der Waals surface area contributed by atoms with Gasteiger partial charge in [-0.05, 0) is 28.1 Å². The Morgan fingerprint density at radius 2 is 2.00 bits per heavy atom. The van der Waals surface area contributed by atoms with E-state index in [1.165, 1.54) is 0 Å². The number of hydrogen-bond acceptors (Lipinski definition) is 3. The van der Waals surface area contributed by atoms with Crippen LogP contribution in [-0.2, 0) is 13.6 Å². The van der Waals surface area contributed by atoms with E-state index in [1.807, 2.05) is 48.9 Å². The van der Waals surface area contributed by atoms with Crippen LogP contribution in [0.15, 0.2) is 22.8 Å². The smallest absolute Gasteiger partial charge is 0.204 e. The van der Waals surface area contributed by atoms with Crippen LogP contribution >= 0.6 is 39.1 Å². The lowest BCUT2D eigenvalue weighted by molar-refractivity contribution is 0.814. The molecule has 2 rings (SSSR count). The third-order valence-electron chi connectivity index (χ3n) is 2.96. The first kappa shape index (κ1) is 15.5. The summed E-state index contributed by atoms with van der Waals surface area (Å²) in [4.78, 5) is 6.33. The van der Waals surface area contributed by atoms with Gasteiger partial charge in [0.2, 0.25) is 5.95 Å². The summed E-state index contributed by atoms with van der Waals surface area (Å²) in [6, 6.07) is 3.76. The highest BCUT2D eigenvalue weighted by Crippen LogP contribution is 2.36. The highest BCUT2D eigenvalue weighted by molar-refractivity contribution is 9.10. The Morgan fingerprint density at radius 1 is 1.30 bits per heavy atom. The van der Waals surface area contributed by atoms with Crippen molar-refractivity contribution in [2.75, 3.05) is 24.3 Å². The molecule has 0 aliphatic heterocycles. The molecule has 0 atom stereocenters. The van der Waals surface area contributed by atoms with Gasteiger partial charge in [0.05, 0.1) is 34.2 Å². The first-order valence-corrected chi connectivity index (χ1v) is 7.52. The summed E-state index contributed by atoms with van der Waals surface area (Å²) >= 11 is 15.6. The van der Waals surface area contributed by atoms with Crippen LogP contribution in [0.2, 0.25) is 10.0 Å². The number of rotatable bonds is 4. The molecule has 1 N–H and O–H groups in total. The second kappa shape index (κ2) is 6.24. The zero-order valence-electron chi connectivity index (χ0n) is 11.4. The molecule has 0 bridgehead atoms.